The Kier molecular flexibility index (Phi) is 5.00. The molecule has 1 fully saturated rings. The fourth-order valence-electron chi connectivity index (χ4n) is 3.65. The molecule has 2 N–H and O–H groups in total. The van der Waals surface area contributed by atoms with Crippen LogP contribution >= 0.6 is 11.3 Å². The fraction of sp³-hybridized carbons (Fsp3) is 0.368. The number of carboxylic acid groups (broad SMARTS) is 1. The van der Waals surface area contributed by atoms with E-state index in [1.807, 2.05) is 19.2 Å². The van der Waals surface area contributed by atoms with Gasteiger partial charge in [0, 0.05) is 31.5 Å². The van der Waals surface area contributed by atoms with Crippen molar-refractivity contribution in [1.29, 1.82) is 0 Å². The molecule has 1 saturated heterocycles. The Hall–Kier alpha value is -2.58. The van der Waals surface area contributed by atoms with Gasteiger partial charge in [-0.2, -0.15) is 0 Å². The smallest absolute Gasteiger partial charge is 0.346 e. The van der Waals surface area contributed by atoms with Gasteiger partial charge in [-0.1, -0.05) is 6.07 Å². The molecule has 0 spiro atoms. The van der Waals surface area contributed by atoms with Gasteiger partial charge < -0.3 is 10.4 Å². The van der Waals surface area contributed by atoms with E-state index in [0.29, 0.717) is 9.71 Å². The van der Waals surface area contributed by atoms with Crippen molar-refractivity contribution in [2.45, 2.75) is 32.4 Å². The molecular formula is C19H21N5O2S. The summed E-state index contributed by atoms with van der Waals surface area (Å²) in [5, 5.41) is 13.7. The van der Waals surface area contributed by atoms with Crippen molar-refractivity contribution in [3.05, 3.63) is 46.9 Å². The number of carboxylic acids is 1. The first-order valence-electron chi connectivity index (χ1n) is 8.97. The number of nitrogens with one attached hydrogen (secondary N) is 1. The number of aromatic nitrogens is 3. The van der Waals surface area contributed by atoms with Crippen LogP contribution < -0.4 is 5.32 Å². The highest BCUT2D eigenvalue weighted by atomic mass is 32.1. The average Bonchev–Trinajstić information content (AvgIpc) is 3.01. The van der Waals surface area contributed by atoms with E-state index in [2.05, 4.69) is 31.2 Å². The Morgan fingerprint density at radius 3 is 3.11 bits per heavy atom. The third kappa shape index (κ3) is 3.77. The Bertz CT molecular complexity index is 959. The Morgan fingerprint density at radius 2 is 2.33 bits per heavy atom. The number of carbonyl (C=O) groups is 1. The Balaban J connectivity index is 1.52. The van der Waals surface area contributed by atoms with Crippen LogP contribution in [0, 0.1) is 6.92 Å². The van der Waals surface area contributed by atoms with E-state index in [1.54, 1.807) is 6.20 Å². The summed E-state index contributed by atoms with van der Waals surface area (Å²) in [4.78, 5) is 27.8. The Morgan fingerprint density at radius 1 is 1.44 bits per heavy atom. The van der Waals surface area contributed by atoms with E-state index < -0.39 is 5.97 Å². The molecule has 27 heavy (non-hydrogen) atoms. The number of rotatable bonds is 5. The molecule has 8 heteroatoms. The monoisotopic (exact) mass is 383 g/mol. The number of hydrogen-bond donors (Lipinski definition) is 2. The van der Waals surface area contributed by atoms with E-state index in [1.165, 1.54) is 23.2 Å². The summed E-state index contributed by atoms with van der Waals surface area (Å²) in [6, 6.07) is 4.33. The third-order valence-corrected chi connectivity index (χ3v) is 6.08. The molecule has 0 aromatic carbocycles. The van der Waals surface area contributed by atoms with Crippen LogP contribution in [0.2, 0.25) is 0 Å². The van der Waals surface area contributed by atoms with Crippen molar-refractivity contribution in [3.8, 4) is 0 Å². The minimum atomic E-state index is -0.915. The highest BCUT2D eigenvalue weighted by molar-refractivity contribution is 7.20. The maximum Gasteiger partial charge on any atom is 0.346 e. The van der Waals surface area contributed by atoms with Crippen LogP contribution in [0.5, 0.6) is 0 Å². The number of pyridine rings is 1. The molecule has 0 bridgehead atoms. The molecule has 1 aliphatic rings. The van der Waals surface area contributed by atoms with Crippen molar-refractivity contribution in [1.82, 2.24) is 19.9 Å². The maximum atomic E-state index is 11.4. The summed E-state index contributed by atoms with van der Waals surface area (Å²) < 4.78 is 0. The third-order valence-electron chi connectivity index (χ3n) is 4.90. The first-order chi connectivity index (χ1) is 13.1. The SMILES string of the molecule is Cc1c(C(=O)O)sc2ncnc(N[C@H]3CCCN(Cc4cccnc4)C3)c12. The molecular weight excluding hydrogens is 362 g/mol. The number of fused-ring (bicyclic) bond motifs is 1. The number of anilines is 1. The lowest BCUT2D eigenvalue weighted by Gasteiger charge is -2.33. The molecule has 0 saturated carbocycles. The first-order valence-corrected chi connectivity index (χ1v) is 9.78. The number of likely N-dealkylation sites (tertiary alicyclic amines) is 1. The van der Waals surface area contributed by atoms with Crippen molar-refractivity contribution < 1.29 is 9.90 Å². The summed E-state index contributed by atoms with van der Waals surface area (Å²) in [6.45, 7) is 4.68. The lowest BCUT2D eigenvalue weighted by molar-refractivity contribution is 0.0701. The topological polar surface area (TPSA) is 91.2 Å². The molecule has 4 heterocycles. The lowest BCUT2D eigenvalue weighted by Crippen LogP contribution is -2.41. The zero-order chi connectivity index (χ0) is 18.8. The van der Waals surface area contributed by atoms with Gasteiger partial charge in [0.1, 0.15) is 21.9 Å². The summed E-state index contributed by atoms with van der Waals surface area (Å²) in [7, 11) is 0. The van der Waals surface area contributed by atoms with Crippen LogP contribution in [0.15, 0.2) is 30.9 Å². The van der Waals surface area contributed by atoms with Crippen molar-refractivity contribution in [3.63, 3.8) is 0 Å². The van der Waals surface area contributed by atoms with Crippen LogP contribution in [0.4, 0.5) is 5.82 Å². The van der Waals surface area contributed by atoms with Crippen LogP contribution in [0.1, 0.15) is 33.6 Å². The summed E-state index contributed by atoms with van der Waals surface area (Å²) in [6.07, 6.45) is 7.37. The predicted molar refractivity (Wildman–Crippen MR) is 105 cm³/mol. The normalized spacial score (nSPS) is 17.9. The average molecular weight is 383 g/mol. The van der Waals surface area contributed by atoms with Gasteiger partial charge in [0.05, 0.1) is 5.39 Å². The summed E-state index contributed by atoms with van der Waals surface area (Å²) in [5.41, 5.74) is 1.94. The van der Waals surface area contributed by atoms with E-state index in [-0.39, 0.29) is 6.04 Å². The van der Waals surface area contributed by atoms with Crippen LogP contribution in [-0.4, -0.2) is 50.1 Å². The summed E-state index contributed by atoms with van der Waals surface area (Å²) in [5.74, 6) is -0.184. The van der Waals surface area contributed by atoms with E-state index in [0.717, 1.165) is 49.2 Å². The second kappa shape index (κ2) is 7.58. The molecule has 140 valence electrons. The van der Waals surface area contributed by atoms with Gasteiger partial charge >= 0.3 is 5.97 Å². The maximum absolute atomic E-state index is 11.4. The first kappa shape index (κ1) is 17.8. The quantitative estimate of drug-likeness (QED) is 0.699. The largest absolute Gasteiger partial charge is 0.477 e. The molecule has 1 aliphatic heterocycles. The fourth-order valence-corrected chi connectivity index (χ4v) is 4.63. The zero-order valence-corrected chi connectivity index (χ0v) is 15.9. The zero-order valence-electron chi connectivity index (χ0n) is 15.1. The number of piperidine rings is 1. The molecule has 0 aliphatic carbocycles. The van der Waals surface area contributed by atoms with Crippen LogP contribution in [0.3, 0.4) is 0 Å². The summed E-state index contributed by atoms with van der Waals surface area (Å²) >= 11 is 1.20. The molecule has 7 nitrogen and oxygen atoms in total. The van der Waals surface area contributed by atoms with Crippen LogP contribution in [0.25, 0.3) is 10.2 Å². The van der Waals surface area contributed by atoms with Gasteiger partial charge in [-0.05, 0) is 43.5 Å². The van der Waals surface area contributed by atoms with E-state index in [4.69, 9.17) is 0 Å². The van der Waals surface area contributed by atoms with Gasteiger partial charge in [-0.3, -0.25) is 9.88 Å². The Labute approximate surface area is 161 Å². The van der Waals surface area contributed by atoms with Crippen LogP contribution in [-0.2, 0) is 6.54 Å². The molecule has 0 amide bonds. The molecule has 1 atom stereocenters. The highest BCUT2D eigenvalue weighted by Gasteiger charge is 2.23. The molecule has 0 unspecified atom stereocenters. The van der Waals surface area contributed by atoms with Crippen molar-refractivity contribution in [2.75, 3.05) is 18.4 Å². The van der Waals surface area contributed by atoms with Gasteiger partial charge in [-0.15, -0.1) is 11.3 Å². The van der Waals surface area contributed by atoms with E-state index >= 15 is 0 Å². The van der Waals surface area contributed by atoms with Gasteiger partial charge in [0.25, 0.3) is 0 Å². The predicted octanol–water partition coefficient (Wildman–Crippen LogP) is 3.17. The minimum Gasteiger partial charge on any atom is -0.477 e. The number of nitrogens with zero attached hydrogens (tertiary/aromatic N) is 4. The van der Waals surface area contributed by atoms with Gasteiger partial charge in [-0.25, -0.2) is 14.8 Å². The van der Waals surface area contributed by atoms with Crippen molar-refractivity contribution >= 4 is 33.3 Å². The second-order valence-electron chi connectivity index (χ2n) is 6.84. The van der Waals surface area contributed by atoms with Crippen molar-refractivity contribution in [2.24, 2.45) is 0 Å². The second-order valence-corrected chi connectivity index (χ2v) is 7.84. The number of thiophene rings is 1. The lowest BCUT2D eigenvalue weighted by atomic mass is 10.0. The molecule has 4 rings (SSSR count). The number of aryl methyl sites for hydroxylation is 1. The minimum absolute atomic E-state index is 0.265. The molecule has 3 aromatic heterocycles. The molecule has 3 aromatic rings. The van der Waals surface area contributed by atoms with Gasteiger partial charge in [0.15, 0.2) is 0 Å². The molecule has 0 radical (unpaired) electrons. The standard InChI is InChI=1S/C19H21N5O2S/c1-12-15-17(21-11-22-18(15)27-16(12)19(25)26)23-14-5-3-7-24(10-14)9-13-4-2-6-20-8-13/h2,4,6,8,11,14H,3,5,7,9-10H2,1H3,(H,25,26)(H,21,22,23)/t14-/m0/s1. The van der Waals surface area contributed by atoms with Gasteiger partial charge in [0.2, 0.25) is 0 Å². The number of hydrogen-bond acceptors (Lipinski definition) is 7. The number of aromatic carboxylic acids is 1. The highest BCUT2D eigenvalue weighted by Crippen LogP contribution is 2.33. The van der Waals surface area contributed by atoms with E-state index in [9.17, 15) is 9.90 Å².